The first-order chi connectivity index (χ1) is 33.2. The maximum Gasteiger partial charge on any atom is 0.238 e. The number of aromatic nitrogens is 6. The molecule has 4 heterocycles. The van der Waals surface area contributed by atoms with Crippen LogP contribution in [0.5, 0.6) is 0 Å². The summed E-state index contributed by atoms with van der Waals surface area (Å²) in [7, 11) is 0. The van der Waals surface area contributed by atoms with Crippen molar-refractivity contribution in [2.24, 2.45) is 0 Å². The Kier molecular flexibility index (Phi) is 8.18. The predicted octanol–water partition coefficient (Wildman–Crippen LogP) is 15.3. The maximum atomic E-state index is 5.41. The van der Waals surface area contributed by atoms with E-state index in [-0.39, 0.29) is 0 Å². The van der Waals surface area contributed by atoms with E-state index in [0.29, 0.717) is 17.6 Å². The lowest BCUT2D eigenvalue weighted by Crippen LogP contribution is -2.07. The number of nitrogens with zero attached hydrogens (tertiary/aromatic N) is 6. The third-order valence-electron chi connectivity index (χ3n) is 13.5. The summed E-state index contributed by atoms with van der Waals surface area (Å²) in [6.07, 6.45) is 0. The van der Waals surface area contributed by atoms with Gasteiger partial charge in [0.2, 0.25) is 5.95 Å². The molecule has 0 spiro atoms. The van der Waals surface area contributed by atoms with Crippen LogP contribution in [0, 0.1) is 0 Å². The van der Waals surface area contributed by atoms with Crippen LogP contribution in [0.2, 0.25) is 0 Å². The van der Waals surface area contributed by atoms with Crippen LogP contribution in [0.15, 0.2) is 231 Å². The SMILES string of the molecule is c1ccc(-c2ccc(-c3nc(-c4ccccc4)nc(-n4c5ccccc5c5ccc6c7cc(-n8c9ccccc9c9ccccc98)ccc7n(-c7ccc8ccccc8c7)c6c54)n3)cc2)cc1. The van der Waals surface area contributed by atoms with Crippen LogP contribution in [-0.4, -0.2) is 28.7 Å². The Morgan fingerprint density at radius 3 is 1.37 bits per heavy atom. The second kappa shape index (κ2) is 14.7. The summed E-state index contributed by atoms with van der Waals surface area (Å²) >= 11 is 0. The first kappa shape index (κ1) is 37.3. The lowest BCUT2D eigenvalue weighted by atomic mass is 10.0. The van der Waals surface area contributed by atoms with E-state index in [0.717, 1.165) is 77.2 Å². The third kappa shape index (κ3) is 5.80. The average Bonchev–Trinajstić information content (AvgIpc) is 4.04. The van der Waals surface area contributed by atoms with Gasteiger partial charge in [-0.3, -0.25) is 4.57 Å². The minimum absolute atomic E-state index is 0.552. The topological polar surface area (TPSA) is 53.5 Å². The highest BCUT2D eigenvalue weighted by molar-refractivity contribution is 6.24. The molecule has 0 saturated heterocycles. The molecular formula is C61H38N6. The van der Waals surface area contributed by atoms with Gasteiger partial charge in [0.1, 0.15) is 0 Å². The summed E-state index contributed by atoms with van der Waals surface area (Å²) < 4.78 is 7.13. The van der Waals surface area contributed by atoms with E-state index in [1.54, 1.807) is 0 Å². The Hall–Kier alpha value is -9.13. The Morgan fingerprint density at radius 2 is 0.701 bits per heavy atom. The normalized spacial score (nSPS) is 11.9. The van der Waals surface area contributed by atoms with Crippen LogP contribution in [0.3, 0.4) is 0 Å². The van der Waals surface area contributed by atoms with Gasteiger partial charge in [-0.2, -0.15) is 9.97 Å². The summed E-state index contributed by atoms with van der Waals surface area (Å²) in [4.78, 5) is 16.0. The average molecular weight is 855 g/mol. The van der Waals surface area contributed by atoms with Gasteiger partial charge in [0.25, 0.3) is 0 Å². The zero-order valence-corrected chi connectivity index (χ0v) is 36.1. The highest BCUT2D eigenvalue weighted by atomic mass is 15.2. The summed E-state index contributed by atoms with van der Waals surface area (Å²) in [6, 6.07) is 82.2. The summed E-state index contributed by atoms with van der Waals surface area (Å²) in [6.45, 7) is 0. The largest absolute Gasteiger partial charge is 0.309 e. The van der Waals surface area contributed by atoms with Gasteiger partial charge in [0.05, 0.1) is 33.1 Å². The molecule has 10 aromatic carbocycles. The van der Waals surface area contributed by atoms with Crippen LogP contribution in [0.1, 0.15) is 0 Å². The Labute approximate surface area is 384 Å². The second-order valence-electron chi connectivity index (χ2n) is 17.2. The molecule has 0 aliphatic heterocycles. The number of benzene rings is 10. The molecule has 0 atom stereocenters. The van der Waals surface area contributed by atoms with E-state index in [4.69, 9.17) is 15.0 Å². The van der Waals surface area contributed by atoms with Crippen molar-refractivity contribution in [1.82, 2.24) is 28.7 Å². The van der Waals surface area contributed by atoms with Gasteiger partial charge in [-0.25, -0.2) is 4.98 Å². The second-order valence-corrected chi connectivity index (χ2v) is 17.2. The summed E-state index contributed by atoms with van der Waals surface area (Å²) in [5.41, 5.74) is 12.9. The summed E-state index contributed by atoms with van der Waals surface area (Å²) in [5.74, 6) is 1.76. The molecule has 0 aliphatic carbocycles. The monoisotopic (exact) mass is 854 g/mol. The van der Waals surface area contributed by atoms with Crippen LogP contribution in [0.25, 0.3) is 127 Å². The van der Waals surface area contributed by atoms with Crippen molar-refractivity contribution in [2.75, 3.05) is 0 Å². The fraction of sp³-hybridized carbons (Fsp3) is 0. The van der Waals surface area contributed by atoms with E-state index in [1.807, 2.05) is 24.3 Å². The van der Waals surface area contributed by atoms with Crippen molar-refractivity contribution in [1.29, 1.82) is 0 Å². The molecule has 6 heteroatoms. The first-order valence-electron chi connectivity index (χ1n) is 22.7. The van der Waals surface area contributed by atoms with Gasteiger partial charge in [0.15, 0.2) is 11.6 Å². The van der Waals surface area contributed by atoms with Crippen molar-refractivity contribution in [2.45, 2.75) is 0 Å². The standard InChI is InChI=1S/C61H38N6/c1-3-15-39(16-4-1)41-27-29-43(30-28-41)60-62-59(42-18-5-2-6-19-42)63-61(64-60)67-55-26-14-11-23-49(55)50-34-35-51-52-38-46(65-53-24-12-9-21-47(53)48-22-10-13-25-54(48)65)33-36-56(52)66(57(51)58(50)67)45-32-31-40-17-7-8-20-44(40)37-45/h1-38H. The third-order valence-corrected chi connectivity index (χ3v) is 13.5. The van der Waals surface area contributed by atoms with Gasteiger partial charge in [-0.1, -0.05) is 182 Å². The molecule has 67 heavy (non-hydrogen) atoms. The lowest BCUT2D eigenvalue weighted by molar-refractivity contribution is 0.953. The molecule has 0 bridgehead atoms. The molecule has 0 aliphatic rings. The number of rotatable bonds is 6. The Bertz CT molecular complexity index is 4200. The van der Waals surface area contributed by atoms with E-state index in [2.05, 4.69) is 220 Å². The van der Waals surface area contributed by atoms with Crippen molar-refractivity contribution < 1.29 is 0 Å². The van der Waals surface area contributed by atoms with Crippen molar-refractivity contribution in [3.63, 3.8) is 0 Å². The molecule has 14 aromatic rings. The number of para-hydroxylation sites is 3. The van der Waals surface area contributed by atoms with Gasteiger partial charge in [0, 0.05) is 54.8 Å². The molecule has 4 aromatic heterocycles. The Morgan fingerprint density at radius 1 is 0.254 bits per heavy atom. The van der Waals surface area contributed by atoms with Crippen LogP contribution >= 0.6 is 0 Å². The highest BCUT2D eigenvalue weighted by Crippen LogP contribution is 2.43. The van der Waals surface area contributed by atoms with Crippen molar-refractivity contribution >= 4 is 76.2 Å². The van der Waals surface area contributed by atoms with Crippen molar-refractivity contribution in [3.8, 4) is 51.2 Å². The molecule has 14 rings (SSSR count). The molecule has 0 saturated carbocycles. The zero-order valence-electron chi connectivity index (χ0n) is 36.1. The smallest absolute Gasteiger partial charge is 0.238 e. The molecule has 6 nitrogen and oxygen atoms in total. The van der Waals surface area contributed by atoms with E-state index < -0.39 is 0 Å². The molecule has 0 N–H and O–H groups in total. The fourth-order valence-electron chi connectivity index (χ4n) is 10.4. The predicted molar refractivity (Wildman–Crippen MR) is 277 cm³/mol. The fourth-order valence-corrected chi connectivity index (χ4v) is 10.4. The van der Waals surface area contributed by atoms with Gasteiger partial charge < -0.3 is 9.13 Å². The molecule has 0 radical (unpaired) electrons. The van der Waals surface area contributed by atoms with Crippen LogP contribution < -0.4 is 0 Å². The molecule has 312 valence electrons. The van der Waals surface area contributed by atoms with Crippen LogP contribution in [0.4, 0.5) is 0 Å². The number of hydrogen-bond acceptors (Lipinski definition) is 3. The van der Waals surface area contributed by atoms with E-state index in [1.165, 1.54) is 32.6 Å². The van der Waals surface area contributed by atoms with Gasteiger partial charge >= 0.3 is 0 Å². The quantitative estimate of drug-likeness (QED) is 0.167. The molecular weight excluding hydrogens is 817 g/mol. The number of hydrogen-bond donors (Lipinski definition) is 0. The van der Waals surface area contributed by atoms with E-state index in [9.17, 15) is 0 Å². The Balaban J connectivity index is 1.09. The molecule has 0 amide bonds. The van der Waals surface area contributed by atoms with Crippen molar-refractivity contribution in [3.05, 3.63) is 231 Å². The lowest BCUT2D eigenvalue weighted by Gasteiger charge is -2.14. The molecule has 0 fully saturated rings. The van der Waals surface area contributed by atoms with Gasteiger partial charge in [-0.15, -0.1) is 0 Å². The zero-order chi connectivity index (χ0) is 44.0. The highest BCUT2D eigenvalue weighted by Gasteiger charge is 2.24. The minimum Gasteiger partial charge on any atom is -0.309 e. The number of fused-ring (bicyclic) bond motifs is 11. The summed E-state index contributed by atoms with van der Waals surface area (Å²) in [5, 5.41) is 9.38. The van der Waals surface area contributed by atoms with Crippen LogP contribution in [-0.2, 0) is 0 Å². The maximum absolute atomic E-state index is 5.41. The molecule has 0 unspecified atom stereocenters. The van der Waals surface area contributed by atoms with Gasteiger partial charge in [-0.05, 0) is 70.4 Å². The first-order valence-corrected chi connectivity index (χ1v) is 22.7. The minimum atomic E-state index is 0.552. The van der Waals surface area contributed by atoms with E-state index >= 15 is 0 Å².